The molecule has 7 rings (SSSR count). The highest BCUT2D eigenvalue weighted by Gasteiger charge is 2.38. The van der Waals surface area contributed by atoms with Gasteiger partial charge in [-0.2, -0.15) is 0 Å². The summed E-state index contributed by atoms with van der Waals surface area (Å²) in [7, 11) is 1.63. The Bertz CT molecular complexity index is 1740. The smallest absolute Gasteiger partial charge is 0.293 e. The predicted molar refractivity (Wildman–Crippen MR) is 159 cm³/mol. The first-order chi connectivity index (χ1) is 20.4. The average Bonchev–Trinajstić information content (AvgIpc) is 3.30. The molecule has 0 amide bonds. The van der Waals surface area contributed by atoms with Crippen LogP contribution in [0.2, 0.25) is 0 Å². The number of nitrogens with zero attached hydrogens (tertiary/aromatic N) is 4. The molecule has 3 aromatic rings. The first-order valence-corrected chi connectivity index (χ1v) is 14.5. The van der Waals surface area contributed by atoms with E-state index in [9.17, 15) is 14.7 Å². The number of aliphatic hydroxyl groups excluding tert-OH is 1. The number of benzene rings is 2. The van der Waals surface area contributed by atoms with Crippen molar-refractivity contribution in [3.63, 3.8) is 0 Å². The van der Waals surface area contributed by atoms with Gasteiger partial charge < -0.3 is 30.1 Å². The summed E-state index contributed by atoms with van der Waals surface area (Å²) in [5, 5.41) is 17.1. The Balaban J connectivity index is 1.26. The van der Waals surface area contributed by atoms with E-state index in [4.69, 9.17) is 0 Å². The number of halogens is 1. The zero-order valence-electron chi connectivity index (χ0n) is 23.5. The van der Waals surface area contributed by atoms with Gasteiger partial charge in [0.1, 0.15) is 11.5 Å². The molecule has 4 heterocycles. The van der Waals surface area contributed by atoms with Crippen LogP contribution in [0.4, 0.5) is 21.6 Å². The maximum absolute atomic E-state index is 15.2. The van der Waals surface area contributed by atoms with Gasteiger partial charge in [0, 0.05) is 72.9 Å². The molecule has 2 aromatic carbocycles. The maximum atomic E-state index is 15.2. The molecule has 1 aliphatic carbocycles. The number of fused-ring (bicyclic) bond motifs is 3. The number of nitrogens with one attached hydrogen (secondary N) is 2. The molecular weight excluding hydrogens is 535 g/mol. The second kappa shape index (κ2) is 10.5. The summed E-state index contributed by atoms with van der Waals surface area (Å²) in [6.07, 6.45) is 8.04. The van der Waals surface area contributed by atoms with E-state index in [1.54, 1.807) is 19.4 Å². The molecule has 0 radical (unpaired) electrons. The Hall–Kier alpha value is -4.28. The van der Waals surface area contributed by atoms with Crippen molar-refractivity contribution in [1.82, 2.24) is 19.8 Å². The lowest BCUT2D eigenvalue weighted by molar-refractivity contribution is -0.112. The van der Waals surface area contributed by atoms with Crippen molar-refractivity contribution >= 4 is 23.0 Å². The van der Waals surface area contributed by atoms with Crippen LogP contribution in [0.1, 0.15) is 42.4 Å². The van der Waals surface area contributed by atoms with Crippen LogP contribution < -0.4 is 21.1 Å². The van der Waals surface area contributed by atoms with Crippen LogP contribution in [0, 0.1) is 5.82 Å². The lowest BCUT2D eigenvalue weighted by Gasteiger charge is -2.35. The minimum Gasteiger partial charge on any atom is -0.392 e. The topological polar surface area (TPSA) is 103 Å². The molecule has 0 atom stereocenters. The fourth-order valence-corrected chi connectivity index (χ4v) is 6.63. The molecule has 0 fully saturated rings. The third-order valence-corrected chi connectivity index (χ3v) is 8.77. The molecule has 0 bridgehead atoms. The number of aliphatic hydroxyl groups is 1. The van der Waals surface area contributed by atoms with Crippen molar-refractivity contribution in [2.45, 2.75) is 45.3 Å². The van der Waals surface area contributed by atoms with Crippen LogP contribution in [-0.2, 0) is 31.4 Å². The van der Waals surface area contributed by atoms with Crippen molar-refractivity contribution in [1.29, 1.82) is 0 Å². The van der Waals surface area contributed by atoms with Gasteiger partial charge in [-0.1, -0.05) is 6.07 Å². The van der Waals surface area contributed by atoms with Crippen LogP contribution in [0.5, 0.6) is 0 Å². The first-order valence-electron chi connectivity index (χ1n) is 14.5. The van der Waals surface area contributed by atoms with Crippen LogP contribution in [0.25, 0.3) is 11.3 Å². The summed E-state index contributed by atoms with van der Waals surface area (Å²) in [5.74, 6) is -0.338. The summed E-state index contributed by atoms with van der Waals surface area (Å²) in [6.45, 7) is 2.48. The number of hydrogen-bond donors (Lipinski definition) is 3. The number of carbonyl (C=O) groups is 1. The van der Waals surface area contributed by atoms with E-state index in [-0.39, 0.29) is 23.8 Å². The van der Waals surface area contributed by atoms with E-state index >= 15 is 4.39 Å². The van der Waals surface area contributed by atoms with Gasteiger partial charge in [-0.3, -0.25) is 9.59 Å². The predicted octanol–water partition coefficient (Wildman–Crippen LogP) is 3.84. The molecular formula is C32H33FN6O3. The Morgan fingerprint density at radius 1 is 1.07 bits per heavy atom. The van der Waals surface area contributed by atoms with Gasteiger partial charge in [-0.25, -0.2) is 9.37 Å². The summed E-state index contributed by atoms with van der Waals surface area (Å²) in [5.41, 5.74) is 7.21. The van der Waals surface area contributed by atoms with Crippen molar-refractivity contribution in [2.75, 3.05) is 29.9 Å². The molecule has 42 heavy (non-hydrogen) atoms. The molecule has 0 saturated heterocycles. The van der Waals surface area contributed by atoms with Crippen LogP contribution in [0.15, 0.2) is 64.5 Å². The molecule has 3 aliphatic heterocycles. The summed E-state index contributed by atoms with van der Waals surface area (Å²) < 4.78 is 16.6. The average molecular weight is 569 g/mol. The number of ketones is 1. The van der Waals surface area contributed by atoms with Crippen LogP contribution >= 0.6 is 0 Å². The van der Waals surface area contributed by atoms with Crippen molar-refractivity contribution < 1.29 is 14.3 Å². The third kappa shape index (κ3) is 4.51. The fraction of sp³-hybridized carbons (Fsp3) is 0.344. The quantitative estimate of drug-likeness (QED) is 0.427. The molecule has 216 valence electrons. The molecule has 9 nitrogen and oxygen atoms in total. The Morgan fingerprint density at radius 2 is 1.93 bits per heavy atom. The number of allylic oxidation sites excluding steroid dienone is 2. The van der Waals surface area contributed by atoms with Gasteiger partial charge in [-0.05, 0) is 74.0 Å². The highest BCUT2D eigenvalue weighted by atomic mass is 19.1. The van der Waals surface area contributed by atoms with Crippen molar-refractivity contribution in [3.05, 3.63) is 92.6 Å². The Morgan fingerprint density at radius 3 is 2.79 bits per heavy atom. The zero-order chi connectivity index (χ0) is 29.0. The van der Waals surface area contributed by atoms with Gasteiger partial charge in [0.15, 0.2) is 5.82 Å². The molecule has 3 N–H and O–H groups in total. The van der Waals surface area contributed by atoms with E-state index < -0.39 is 5.82 Å². The van der Waals surface area contributed by atoms with E-state index in [0.717, 1.165) is 62.2 Å². The van der Waals surface area contributed by atoms with Gasteiger partial charge in [-0.15, -0.1) is 0 Å². The molecule has 0 spiro atoms. The molecule has 4 aliphatic rings. The number of anilines is 3. The molecule has 0 saturated carbocycles. The third-order valence-electron chi connectivity index (χ3n) is 8.77. The van der Waals surface area contributed by atoms with E-state index in [0.29, 0.717) is 41.3 Å². The van der Waals surface area contributed by atoms with E-state index in [2.05, 4.69) is 20.5 Å². The van der Waals surface area contributed by atoms with E-state index in [1.165, 1.54) is 27.8 Å². The minimum absolute atomic E-state index is 0.0467. The van der Waals surface area contributed by atoms with Gasteiger partial charge in [0.25, 0.3) is 5.56 Å². The second-order valence-corrected chi connectivity index (χ2v) is 11.4. The standard InChI is InChI=1S/C32H33FN6O3/c1-37-16-26(36-31(32(37)42)35-22-7-6-20-15-34-9-8-19(20)12-22)24-13-21(33)14-28(25(24)18-40)38-10-11-39-27-5-3-2-4-23(27)30(41)29(39)17-38/h6-7,12-14,16-17,34,40H,2-5,8-11,15,18H2,1H3,(H,35,36). The summed E-state index contributed by atoms with van der Waals surface area (Å²) >= 11 is 0. The largest absolute Gasteiger partial charge is 0.392 e. The molecule has 1 aromatic heterocycles. The van der Waals surface area contributed by atoms with Gasteiger partial charge >= 0.3 is 0 Å². The van der Waals surface area contributed by atoms with Crippen LogP contribution in [0.3, 0.4) is 0 Å². The zero-order valence-corrected chi connectivity index (χ0v) is 23.5. The minimum atomic E-state index is -0.498. The molecule has 0 unspecified atom stereocenters. The lowest BCUT2D eigenvalue weighted by atomic mass is 9.96. The Labute approximate surface area is 243 Å². The molecule has 10 heteroatoms. The Kier molecular flexibility index (Phi) is 6.67. The first kappa shape index (κ1) is 26.6. The van der Waals surface area contributed by atoms with Gasteiger partial charge in [0.05, 0.1) is 12.3 Å². The number of aryl methyl sites for hydroxylation is 1. The fourth-order valence-electron chi connectivity index (χ4n) is 6.63. The lowest BCUT2D eigenvalue weighted by Crippen LogP contribution is -2.37. The second-order valence-electron chi connectivity index (χ2n) is 11.4. The monoisotopic (exact) mass is 568 g/mol. The number of aromatic nitrogens is 2. The van der Waals surface area contributed by atoms with Crippen LogP contribution in [-0.4, -0.2) is 45.0 Å². The highest BCUT2D eigenvalue weighted by molar-refractivity contribution is 6.11. The summed E-state index contributed by atoms with van der Waals surface area (Å²) in [4.78, 5) is 34.9. The van der Waals surface area contributed by atoms with Crippen molar-refractivity contribution in [3.8, 4) is 11.3 Å². The number of rotatable bonds is 5. The highest BCUT2D eigenvalue weighted by Crippen LogP contribution is 2.41. The number of hydrogen-bond acceptors (Lipinski definition) is 8. The number of carbonyl (C=O) groups excluding carboxylic acids is 1. The van der Waals surface area contributed by atoms with E-state index in [1.807, 2.05) is 23.1 Å². The normalized spacial score (nSPS) is 18.1. The number of Topliss-reactive ketones (excluding diaryl/α,β-unsaturated/α-hetero) is 1. The summed E-state index contributed by atoms with van der Waals surface area (Å²) in [6, 6.07) is 8.71. The van der Waals surface area contributed by atoms with Crippen molar-refractivity contribution in [2.24, 2.45) is 7.05 Å². The SMILES string of the molecule is Cn1cc(-c2cc(F)cc(N3C=C4C(=O)C5=C(CCCC5)N4CC3)c2CO)nc(Nc2ccc3c(c2)CCNC3)c1=O. The maximum Gasteiger partial charge on any atom is 0.293 e. The van der Waals surface area contributed by atoms with Gasteiger partial charge in [0.2, 0.25) is 5.78 Å².